The number of carbonyl (C=O) groups excluding carboxylic acids is 1. The Morgan fingerprint density at radius 1 is 1.37 bits per heavy atom. The molecule has 1 aromatic rings. The van der Waals surface area contributed by atoms with Gasteiger partial charge in [0.1, 0.15) is 0 Å². The van der Waals surface area contributed by atoms with Crippen LogP contribution in [0.2, 0.25) is 0 Å². The summed E-state index contributed by atoms with van der Waals surface area (Å²) < 4.78 is 36.9. The van der Waals surface area contributed by atoms with E-state index in [1.807, 2.05) is 0 Å². The first-order chi connectivity index (χ1) is 8.80. The second-order valence-electron chi connectivity index (χ2n) is 3.63. The normalized spacial score (nSPS) is 19.0. The molecule has 0 radical (unpaired) electrons. The summed E-state index contributed by atoms with van der Waals surface area (Å²) in [5.74, 6) is -3.87. The van der Waals surface area contributed by atoms with Crippen molar-refractivity contribution in [1.82, 2.24) is 4.98 Å². The molecule has 0 saturated carbocycles. The van der Waals surface area contributed by atoms with Crippen LogP contribution in [0, 0.1) is 5.92 Å². The summed E-state index contributed by atoms with van der Waals surface area (Å²) in [6, 6.07) is 1.68. The quantitative estimate of drug-likeness (QED) is 0.819. The maximum atomic E-state index is 12.3. The van der Waals surface area contributed by atoms with Gasteiger partial charge in [-0.05, 0) is 12.1 Å². The van der Waals surface area contributed by atoms with Gasteiger partial charge in [0.15, 0.2) is 11.7 Å². The Hall–Kier alpha value is -2.45. The number of rotatable bonds is 2. The lowest BCUT2D eigenvalue weighted by Gasteiger charge is -2.12. The minimum Gasteiger partial charge on any atom is -0.480 e. The number of carboxylic acids is 1. The molecule has 0 bridgehead atoms. The molecular weight excluding hydrogens is 267 g/mol. The lowest BCUT2D eigenvalue weighted by Crippen LogP contribution is -2.31. The molecule has 100 valence electrons. The van der Waals surface area contributed by atoms with Crippen molar-refractivity contribution in [3.8, 4) is 0 Å². The molecule has 0 aliphatic carbocycles. The number of hydrogen-bond donors (Lipinski definition) is 1. The number of pyridine rings is 1. The van der Waals surface area contributed by atoms with Crippen LogP contribution in [0.5, 0.6) is 0 Å². The van der Waals surface area contributed by atoms with Crippen LogP contribution in [-0.2, 0) is 15.8 Å². The second-order valence-corrected chi connectivity index (χ2v) is 3.63. The van der Waals surface area contributed by atoms with Crippen LogP contribution in [0.4, 0.5) is 19.0 Å². The predicted octanol–water partition coefficient (Wildman–Crippen LogP) is 1.13. The Morgan fingerprint density at radius 2 is 2.05 bits per heavy atom. The Morgan fingerprint density at radius 3 is 2.47 bits per heavy atom. The molecule has 9 heteroatoms. The smallest absolute Gasteiger partial charge is 0.417 e. The lowest BCUT2D eigenvalue weighted by molar-refractivity contribution is -0.142. The van der Waals surface area contributed by atoms with E-state index in [9.17, 15) is 22.8 Å². The Balaban J connectivity index is 2.23. The number of hydrogen-bond acceptors (Lipinski definition) is 4. The molecule has 0 saturated heterocycles. The van der Waals surface area contributed by atoms with Gasteiger partial charge in [0.25, 0.3) is 5.91 Å². The summed E-state index contributed by atoms with van der Waals surface area (Å²) in [6.07, 6.45) is -3.09. The Bertz CT molecular complexity index is 553. The van der Waals surface area contributed by atoms with Gasteiger partial charge in [0.2, 0.25) is 0 Å². The number of aliphatic carboxylic acids is 1. The number of halogens is 3. The van der Waals surface area contributed by atoms with Crippen molar-refractivity contribution in [2.24, 2.45) is 11.0 Å². The second kappa shape index (κ2) is 4.34. The van der Waals surface area contributed by atoms with Gasteiger partial charge in [0.05, 0.1) is 5.56 Å². The summed E-state index contributed by atoms with van der Waals surface area (Å²) >= 11 is 0. The van der Waals surface area contributed by atoms with Crippen LogP contribution in [-0.4, -0.2) is 28.2 Å². The SMILES string of the molecule is O=C(O)C1C=NN(c2ccc(C(F)(F)F)cn2)C1=O. The van der Waals surface area contributed by atoms with Crippen molar-refractivity contribution in [1.29, 1.82) is 0 Å². The third-order valence-electron chi connectivity index (χ3n) is 2.36. The Labute approximate surface area is 104 Å². The minimum atomic E-state index is -4.53. The first kappa shape index (κ1) is 13.0. The summed E-state index contributed by atoms with van der Waals surface area (Å²) in [6.45, 7) is 0. The van der Waals surface area contributed by atoms with Crippen LogP contribution in [0.3, 0.4) is 0 Å². The van der Waals surface area contributed by atoms with Crippen molar-refractivity contribution in [3.05, 3.63) is 23.9 Å². The van der Waals surface area contributed by atoms with Crippen LogP contribution in [0.25, 0.3) is 0 Å². The van der Waals surface area contributed by atoms with Crippen molar-refractivity contribution < 1.29 is 27.9 Å². The maximum Gasteiger partial charge on any atom is 0.417 e. The number of amides is 1. The number of carbonyl (C=O) groups is 2. The van der Waals surface area contributed by atoms with Gasteiger partial charge in [0, 0.05) is 12.4 Å². The van der Waals surface area contributed by atoms with E-state index in [0.29, 0.717) is 11.2 Å². The molecule has 2 heterocycles. The lowest BCUT2D eigenvalue weighted by atomic mass is 10.1. The van der Waals surface area contributed by atoms with Gasteiger partial charge in [-0.25, -0.2) is 4.98 Å². The molecule has 6 nitrogen and oxygen atoms in total. The topological polar surface area (TPSA) is 82.9 Å². The van der Waals surface area contributed by atoms with E-state index in [4.69, 9.17) is 5.11 Å². The highest BCUT2D eigenvalue weighted by Crippen LogP contribution is 2.30. The number of aromatic nitrogens is 1. The van der Waals surface area contributed by atoms with Gasteiger partial charge in [-0.1, -0.05) is 0 Å². The molecule has 1 unspecified atom stereocenters. The van der Waals surface area contributed by atoms with Crippen LogP contribution in [0.15, 0.2) is 23.4 Å². The Kier molecular flexibility index (Phi) is 2.97. The first-order valence-corrected chi connectivity index (χ1v) is 4.95. The number of anilines is 1. The molecule has 1 amide bonds. The fraction of sp³-hybridized carbons (Fsp3) is 0.200. The molecule has 19 heavy (non-hydrogen) atoms. The monoisotopic (exact) mass is 273 g/mol. The van der Waals surface area contributed by atoms with E-state index in [-0.39, 0.29) is 5.82 Å². The van der Waals surface area contributed by atoms with E-state index in [2.05, 4.69) is 10.1 Å². The highest BCUT2D eigenvalue weighted by atomic mass is 19.4. The maximum absolute atomic E-state index is 12.3. The average Bonchev–Trinajstić information content (AvgIpc) is 2.70. The van der Waals surface area contributed by atoms with Crippen molar-refractivity contribution >= 4 is 23.9 Å². The highest BCUT2D eigenvalue weighted by molar-refractivity contribution is 6.19. The third kappa shape index (κ3) is 2.39. The van der Waals surface area contributed by atoms with Gasteiger partial charge < -0.3 is 5.11 Å². The van der Waals surface area contributed by atoms with E-state index >= 15 is 0 Å². The van der Waals surface area contributed by atoms with Crippen molar-refractivity contribution in [3.63, 3.8) is 0 Å². The zero-order chi connectivity index (χ0) is 14.2. The van der Waals surface area contributed by atoms with Crippen LogP contribution >= 0.6 is 0 Å². The largest absolute Gasteiger partial charge is 0.480 e. The van der Waals surface area contributed by atoms with Crippen LogP contribution < -0.4 is 5.01 Å². The molecule has 1 atom stereocenters. The first-order valence-electron chi connectivity index (χ1n) is 4.95. The van der Waals surface area contributed by atoms with E-state index < -0.39 is 29.5 Å². The van der Waals surface area contributed by atoms with Crippen LogP contribution in [0.1, 0.15) is 5.56 Å². The zero-order valence-corrected chi connectivity index (χ0v) is 9.13. The van der Waals surface area contributed by atoms with Crippen molar-refractivity contribution in [2.75, 3.05) is 5.01 Å². The van der Waals surface area contributed by atoms with E-state index in [1.54, 1.807) is 0 Å². The molecule has 1 N–H and O–H groups in total. The number of nitrogens with zero attached hydrogens (tertiary/aromatic N) is 3. The van der Waals surface area contributed by atoms with E-state index in [0.717, 1.165) is 18.3 Å². The molecule has 1 aliphatic heterocycles. The summed E-state index contributed by atoms with van der Waals surface area (Å²) in [5.41, 5.74) is -0.971. The number of hydrazone groups is 1. The highest BCUT2D eigenvalue weighted by Gasteiger charge is 2.36. The van der Waals surface area contributed by atoms with Gasteiger partial charge in [-0.15, -0.1) is 0 Å². The molecule has 0 aromatic carbocycles. The zero-order valence-electron chi connectivity index (χ0n) is 9.13. The predicted molar refractivity (Wildman–Crippen MR) is 56.3 cm³/mol. The number of carboxylic acid groups (broad SMARTS) is 1. The minimum absolute atomic E-state index is 0.169. The molecule has 0 fully saturated rings. The summed E-state index contributed by atoms with van der Waals surface area (Å²) in [7, 11) is 0. The molecule has 1 aliphatic rings. The molecule has 2 rings (SSSR count). The molecule has 1 aromatic heterocycles. The summed E-state index contributed by atoms with van der Waals surface area (Å²) in [5, 5.41) is 12.9. The average molecular weight is 273 g/mol. The standard InChI is InChI=1S/C10H6F3N3O3/c11-10(12,13)5-1-2-7(14-3-5)16-8(17)6(4-15-16)9(18)19/h1-4,6H,(H,18,19). The fourth-order valence-corrected chi connectivity index (χ4v) is 1.41. The number of alkyl halides is 3. The third-order valence-corrected chi connectivity index (χ3v) is 2.36. The van der Waals surface area contributed by atoms with Gasteiger partial charge >= 0.3 is 12.1 Å². The fourth-order valence-electron chi connectivity index (χ4n) is 1.41. The van der Waals surface area contributed by atoms with Gasteiger partial charge in [-0.3, -0.25) is 9.59 Å². The van der Waals surface area contributed by atoms with Crippen molar-refractivity contribution in [2.45, 2.75) is 6.18 Å². The van der Waals surface area contributed by atoms with Gasteiger partial charge in [-0.2, -0.15) is 23.3 Å². The molecular formula is C10H6F3N3O3. The molecule has 0 spiro atoms. The van der Waals surface area contributed by atoms with E-state index in [1.165, 1.54) is 0 Å². The summed E-state index contributed by atoms with van der Waals surface area (Å²) in [4.78, 5) is 25.7.